The van der Waals surface area contributed by atoms with Gasteiger partial charge in [-0.15, -0.1) is 0 Å². The Morgan fingerprint density at radius 1 is 1.35 bits per heavy atom. The molecule has 2 aromatic heterocycles. The summed E-state index contributed by atoms with van der Waals surface area (Å²) in [4.78, 5) is 12.8. The maximum Gasteiger partial charge on any atom is 0.191 e. The number of rotatable bonds is 6. The van der Waals surface area contributed by atoms with Crippen LogP contribution in [0.2, 0.25) is 0 Å². The predicted octanol–water partition coefficient (Wildman–Crippen LogP) is 1.91. The van der Waals surface area contributed by atoms with Crippen LogP contribution in [0.15, 0.2) is 11.5 Å². The van der Waals surface area contributed by atoms with Crippen molar-refractivity contribution in [1.82, 2.24) is 19.5 Å². The van der Waals surface area contributed by atoms with Crippen LogP contribution in [0, 0.1) is 17.3 Å². The van der Waals surface area contributed by atoms with Gasteiger partial charge in [-0.3, -0.25) is 4.57 Å². The molecule has 3 atom stereocenters. The van der Waals surface area contributed by atoms with Gasteiger partial charge in [0, 0.05) is 12.5 Å². The molecule has 2 heterocycles. The molecule has 0 amide bonds. The highest BCUT2D eigenvalue weighted by Crippen LogP contribution is 2.40. The van der Waals surface area contributed by atoms with Gasteiger partial charge in [0.15, 0.2) is 16.6 Å². The largest absolute Gasteiger partial charge is 0.396 e. The summed E-state index contributed by atoms with van der Waals surface area (Å²) in [6, 6.07) is 0. The topological polar surface area (TPSA) is 110 Å². The molecular weight excluding hydrogens is 314 g/mol. The van der Waals surface area contributed by atoms with Crippen LogP contribution in [0.1, 0.15) is 33.9 Å². The Balaban J connectivity index is 2.49. The average Bonchev–Trinajstić information content (AvgIpc) is 2.96. The number of aliphatic hydroxyl groups is 2. The lowest BCUT2D eigenvalue weighted by Gasteiger charge is -2.40. The van der Waals surface area contributed by atoms with E-state index in [0.717, 1.165) is 0 Å². The number of nitrogen functional groups attached to an aromatic ring is 1. The van der Waals surface area contributed by atoms with E-state index in [2.05, 4.69) is 15.0 Å². The summed E-state index contributed by atoms with van der Waals surface area (Å²) < 4.78 is 1.61. The molecule has 0 saturated carbocycles. The molecule has 23 heavy (non-hydrogen) atoms. The number of nitrogens with zero attached hydrogens (tertiary/aromatic N) is 4. The Kier molecular flexibility index (Phi) is 5.17. The van der Waals surface area contributed by atoms with E-state index in [1.54, 1.807) is 4.57 Å². The van der Waals surface area contributed by atoms with Gasteiger partial charge in [0.2, 0.25) is 0 Å². The second-order valence-electron chi connectivity index (χ2n) is 6.44. The van der Waals surface area contributed by atoms with Crippen molar-refractivity contribution < 1.29 is 10.2 Å². The van der Waals surface area contributed by atoms with E-state index in [9.17, 15) is 10.2 Å². The summed E-state index contributed by atoms with van der Waals surface area (Å²) in [6.07, 6.45) is 2.52. The quantitative estimate of drug-likeness (QED) is 0.544. The third-order valence-corrected chi connectivity index (χ3v) is 5.59. The van der Waals surface area contributed by atoms with E-state index in [0.29, 0.717) is 22.1 Å². The first kappa shape index (κ1) is 18.0. The van der Waals surface area contributed by atoms with Crippen LogP contribution in [-0.4, -0.2) is 42.6 Å². The molecule has 128 valence electrons. The van der Waals surface area contributed by atoms with Crippen LogP contribution in [0.4, 0.5) is 5.82 Å². The number of anilines is 1. The Bertz CT molecular complexity index is 690. The first-order valence-electron chi connectivity index (χ1n) is 7.59. The molecular formula is C15H25N5O2S. The fraction of sp³-hybridized carbons (Fsp3) is 0.667. The van der Waals surface area contributed by atoms with Gasteiger partial charge in [-0.25, -0.2) is 15.0 Å². The van der Waals surface area contributed by atoms with Gasteiger partial charge in [-0.05, 0) is 17.6 Å². The number of aromatic nitrogens is 4. The summed E-state index contributed by atoms with van der Waals surface area (Å²) in [6.45, 7) is 7.96. The second-order valence-corrected chi connectivity index (χ2v) is 7.21. The number of nitrogens with two attached hydrogens (primary N) is 1. The van der Waals surface area contributed by atoms with E-state index in [1.165, 1.54) is 18.1 Å². The number of imidazole rings is 1. The third-order valence-electron chi connectivity index (χ3n) is 5.04. The Hall–Kier alpha value is -1.38. The summed E-state index contributed by atoms with van der Waals surface area (Å²) in [7, 11) is 0. The first-order valence-corrected chi connectivity index (χ1v) is 8.81. The van der Waals surface area contributed by atoms with E-state index in [1.807, 2.05) is 34.0 Å². The number of hydrogen-bond acceptors (Lipinski definition) is 7. The van der Waals surface area contributed by atoms with Crippen molar-refractivity contribution in [3.8, 4) is 0 Å². The van der Waals surface area contributed by atoms with Gasteiger partial charge in [-0.1, -0.05) is 39.5 Å². The van der Waals surface area contributed by atoms with Crippen molar-refractivity contribution in [2.24, 2.45) is 17.3 Å². The van der Waals surface area contributed by atoms with Crippen molar-refractivity contribution in [1.29, 1.82) is 0 Å². The van der Waals surface area contributed by atoms with Crippen molar-refractivity contribution >= 4 is 28.7 Å². The lowest BCUT2D eigenvalue weighted by Crippen LogP contribution is -2.39. The Morgan fingerprint density at radius 2 is 2.00 bits per heavy atom. The average molecular weight is 339 g/mol. The molecule has 0 aliphatic heterocycles. The standard InChI is InChI=1S/C15H25N5O2S/c1-8(2)15(4,6-21)9(3)13(22)20-7-17-10-11(16)18-14(23-5)19-12(10)20/h7-9,13,21-22H,6H2,1-5H3,(H2,16,18,19)/t9-,13+,15-/m0/s1. The van der Waals surface area contributed by atoms with Crippen molar-refractivity contribution in [2.45, 2.75) is 39.1 Å². The molecule has 0 aliphatic rings. The van der Waals surface area contributed by atoms with Crippen LogP contribution in [0.25, 0.3) is 11.2 Å². The van der Waals surface area contributed by atoms with E-state index in [4.69, 9.17) is 5.73 Å². The van der Waals surface area contributed by atoms with Gasteiger partial charge in [0.05, 0.1) is 6.33 Å². The maximum absolute atomic E-state index is 10.8. The molecule has 0 unspecified atom stereocenters. The molecule has 0 spiro atoms. The van der Waals surface area contributed by atoms with Crippen LogP contribution < -0.4 is 5.73 Å². The van der Waals surface area contributed by atoms with Crippen molar-refractivity contribution in [2.75, 3.05) is 18.6 Å². The minimum atomic E-state index is -0.872. The van der Waals surface area contributed by atoms with Gasteiger partial charge < -0.3 is 15.9 Å². The number of hydrogen-bond donors (Lipinski definition) is 3. The van der Waals surface area contributed by atoms with Crippen molar-refractivity contribution in [3.63, 3.8) is 0 Å². The Morgan fingerprint density at radius 3 is 2.52 bits per heavy atom. The molecule has 0 bridgehead atoms. The zero-order valence-corrected chi connectivity index (χ0v) is 15.0. The zero-order valence-electron chi connectivity index (χ0n) is 14.2. The molecule has 0 aliphatic carbocycles. The highest BCUT2D eigenvalue weighted by Gasteiger charge is 2.39. The van der Waals surface area contributed by atoms with E-state index >= 15 is 0 Å². The number of fused-ring (bicyclic) bond motifs is 1. The smallest absolute Gasteiger partial charge is 0.191 e. The monoisotopic (exact) mass is 339 g/mol. The van der Waals surface area contributed by atoms with E-state index in [-0.39, 0.29) is 18.4 Å². The van der Waals surface area contributed by atoms with Crippen molar-refractivity contribution in [3.05, 3.63) is 6.33 Å². The number of aliphatic hydroxyl groups excluding tert-OH is 2. The van der Waals surface area contributed by atoms with Gasteiger partial charge in [-0.2, -0.15) is 0 Å². The van der Waals surface area contributed by atoms with Crippen LogP contribution >= 0.6 is 11.8 Å². The summed E-state index contributed by atoms with van der Waals surface area (Å²) in [5.41, 5.74) is 6.47. The fourth-order valence-electron chi connectivity index (χ4n) is 2.64. The molecule has 2 rings (SSSR count). The van der Waals surface area contributed by atoms with Crippen LogP contribution in [0.3, 0.4) is 0 Å². The summed E-state index contributed by atoms with van der Waals surface area (Å²) >= 11 is 1.38. The minimum absolute atomic E-state index is 0.0112. The highest BCUT2D eigenvalue weighted by atomic mass is 32.2. The molecule has 0 saturated heterocycles. The zero-order chi connectivity index (χ0) is 17.4. The lowest BCUT2D eigenvalue weighted by molar-refractivity contribution is -0.0589. The maximum atomic E-state index is 10.8. The molecule has 7 nitrogen and oxygen atoms in total. The predicted molar refractivity (Wildman–Crippen MR) is 92.0 cm³/mol. The summed E-state index contributed by atoms with van der Waals surface area (Å²) in [5, 5.41) is 21.2. The van der Waals surface area contributed by atoms with Crippen LogP contribution in [0.5, 0.6) is 0 Å². The molecule has 2 aromatic rings. The van der Waals surface area contributed by atoms with E-state index < -0.39 is 11.6 Å². The van der Waals surface area contributed by atoms with Gasteiger partial charge in [0.25, 0.3) is 0 Å². The highest BCUT2D eigenvalue weighted by molar-refractivity contribution is 7.98. The van der Waals surface area contributed by atoms with Crippen LogP contribution in [-0.2, 0) is 0 Å². The molecule has 4 N–H and O–H groups in total. The second kappa shape index (κ2) is 6.62. The molecule has 0 aromatic carbocycles. The normalized spacial score (nSPS) is 17.4. The molecule has 0 radical (unpaired) electrons. The van der Waals surface area contributed by atoms with Gasteiger partial charge >= 0.3 is 0 Å². The fourth-order valence-corrected chi connectivity index (χ4v) is 3.00. The molecule has 8 heteroatoms. The summed E-state index contributed by atoms with van der Waals surface area (Å²) in [5.74, 6) is 0.291. The molecule has 0 fully saturated rings. The Labute approximate surface area is 140 Å². The lowest BCUT2D eigenvalue weighted by atomic mass is 9.69. The minimum Gasteiger partial charge on any atom is -0.396 e. The van der Waals surface area contributed by atoms with Gasteiger partial charge in [0.1, 0.15) is 11.7 Å². The third kappa shape index (κ3) is 3.02. The SMILES string of the molecule is CSc1nc(N)c2ncn([C@H](O)[C@H](C)[C@@](C)(CO)C(C)C)c2n1. The number of thioether (sulfide) groups is 1. The first-order chi connectivity index (χ1) is 10.8.